The molecular formula is C21H25N3O4S2. The molecule has 0 radical (unpaired) electrons. The van der Waals surface area contributed by atoms with Gasteiger partial charge in [0.25, 0.3) is 5.91 Å². The molecule has 160 valence electrons. The molecule has 0 aliphatic rings. The smallest absolute Gasteiger partial charge is 0.279 e. The Bertz CT molecular complexity index is 1220. The highest BCUT2D eigenvalue weighted by Gasteiger charge is 2.17. The minimum absolute atomic E-state index is 0.133. The van der Waals surface area contributed by atoms with Crippen LogP contribution in [0.2, 0.25) is 0 Å². The van der Waals surface area contributed by atoms with Gasteiger partial charge < -0.3 is 9.30 Å². The molecule has 9 heteroatoms. The monoisotopic (exact) mass is 447 g/mol. The topological polar surface area (TPSA) is 81.0 Å². The Balaban J connectivity index is 2.01. The first-order valence-corrected chi connectivity index (χ1v) is 11.8. The lowest BCUT2D eigenvalue weighted by Crippen LogP contribution is -2.22. The molecular weight excluding hydrogens is 422 g/mol. The van der Waals surface area contributed by atoms with E-state index < -0.39 is 15.9 Å². The number of amides is 1. The van der Waals surface area contributed by atoms with Gasteiger partial charge in [-0.15, -0.1) is 0 Å². The van der Waals surface area contributed by atoms with E-state index in [1.165, 1.54) is 49.7 Å². The molecule has 30 heavy (non-hydrogen) atoms. The zero-order valence-electron chi connectivity index (χ0n) is 17.5. The Morgan fingerprint density at radius 1 is 1.17 bits per heavy atom. The van der Waals surface area contributed by atoms with Crippen LogP contribution in [-0.4, -0.2) is 50.5 Å². The minimum Gasteiger partial charge on any atom is -0.380 e. The highest BCUT2D eigenvalue weighted by atomic mass is 32.2. The summed E-state index contributed by atoms with van der Waals surface area (Å²) in [7, 11) is -0.612. The number of thiazole rings is 1. The summed E-state index contributed by atoms with van der Waals surface area (Å²) < 4.78 is 34.1. The number of carbonyl (C=O) groups is 1. The number of para-hydroxylation sites is 1. The number of hydrogen-bond acceptors (Lipinski definition) is 5. The maximum Gasteiger partial charge on any atom is 0.279 e. The average molecular weight is 448 g/mol. The molecule has 1 aromatic heterocycles. The van der Waals surface area contributed by atoms with Crippen LogP contribution in [0.3, 0.4) is 0 Å². The van der Waals surface area contributed by atoms with Crippen LogP contribution in [0.25, 0.3) is 10.2 Å². The van der Waals surface area contributed by atoms with Crippen LogP contribution >= 0.6 is 11.3 Å². The third-order valence-corrected chi connectivity index (χ3v) is 7.52. The predicted octanol–water partition coefficient (Wildman–Crippen LogP) is 3.04. The molecule has 1 amide bonds. The van der Waals surface area contributed by atoms with Crippen LogP contribution in [0.1, 0.15) is 22.8 Å². The molecule has 0 aliphatic heterocycles. The first-order chi connectivity index (χ1) is 14.3. The molecule has 0 N–H and O–H groups in total. The lowest BCUT2D eigenvalue weighted by Gasteiger charge is -2.11. The van der Waals surface area contributed by atoms with Gasteiger partial charge in [0.05, 0.1) is 21.7 Å². The summed E-state index contributed by atoms with van der Waals surface area (Å²) in [5, 5.41) is 0. The van der Waals surface area contributed by atoms with E-state index in [9.17, 15) is 13.2 Å². The van der Waals surface area contributed by atoms with Crippen molar-refractivity contribution in [3.8, 4) is 0 Å². The second kappa shape index (κ2) is 9.22. The number of benzene rings is 2. The van der Waals surface area contributed by atoms with Crippen molar-refractivity contribution >= 4 is 37.5 Å². The molecule has 2 aromatic carbocycles. The van der Waals surface area contributed by atoms with E-state index in [1.807, 2.05) is 36.6 Å². The fraction of sp³-hybridized carbons (Fsp3) is 0.333. The summed E-state index contributed by atoms with van der Waals surface area (Å²) in [5.74, 6) is -0.418. The summed E-state index contributed by atoms with van der Waals surface area (Å²) in [4.78, 5) is 17.9. The molecule has 0 aliphatic carbocycles. The van der Waals surface area contributed by atoms with Gasteiger partial charge in [-0.3, -0.25) is 4.79 Å². The Kier molecular flexibility index (Phi) is 6.87. The van der Waals surface area contributed by atoms with Crippen molar-refractivity contribution in [1.82, 2.24) is 8.87 Å². The van der Waals surface area contributed by atoms with Crippen molar-refractivity contribution in [1.29, 1.82) is 0 Å². The maximum absolute atomic E-state index is 12.8. The van der Waals surface area contributed by atoms with E-state index in [0.717, 1.165) is 20.1 Å². The number of fused-ring (bicyclic) bond motifs is 1. The lowest BCUT2D eigenvalue weighted by atomic mass is 10.2. The quantitative estimate of drug-likeness (QED) is 0.522. The third-order valence-electron chi connectivity index (χ3n) is 4.64. The summed E-state index contributed by atoms with van der Waals surface area (Å²) >= 11 is 1.45. The molecule has 1 heterocycles. The standard InChI is InChI=1S/C21H25N3O4S2/c1-5-28-14-13-24-19-15(2)7-6-8-18(19)29-21(24)22-20(25)16-9-11-17(12-10-16)30(26,27)23(3)4/h6-12H,5,13-14H2,1-4H3. The molecule has 0 saturated heterocycles. The Morgan fingerprint density at radius 3 is 2.50 bits per heavy atom. The van der Waals surface area contributed by atoms with E-state index >= 15 is 0 Å². The summed E-state index contributed by atoms with van der Waals surface area (Å²) in [6.07, 6.45) is 0. The van der Waals surface area contributed by atoms with Crippen molar-refractivity contribution in [2.45, 2.75) is 25.3 Å². The number of sulfonamides is 1. The van der Waals surface area contributed by atoms with Crippen LogP contribution in [-0.2, 0) is 21.3 Å². The fourth-order valence-corrected chi connectivity index (χ4v) is 5.07. The van der Waals surface area contributed by atoms with E-state index in [0.29, 0.717) is 30.1 Å². The fourth-order valence-electron chi connectivity index (χ4n) is 3.03. The largest absolute Gasteiger partial charge is 0.380 e. The Labute approximate surface area is 180 Å². The SMILES string of the molecule is CCOCCn1c(=NC(=O)c2ccc(S(=O)(=O)N(C)C)cc2)sc2cccc(C)c21. The van der Waals surface area contributed by atoms with Crippen molar-refractivity contribution in [3.05, 3.63) is 58.4 Å². The van der Waals surface area contributed by atoms with E-state index in [4.69, 9.17) is 4.74 Å². The molecule has 0 fully saturated rings. The second-order valence-electron chi connectivity index (χ2n) is 6.88. The molecule has 0 bridgehead atoms. The summed E-state index contributed by atoms with van der Waals surface area (Å²) in [6, 6.07) is 11.9. The van der Waals surface area contributed by atoms with Crippen LogP contribution in [0.15, 0.2) is 52.4 Å². The number of hydrogen-bond donors (Lipinski definition) is 0. The summed E-state index contributed by atoms with van der Waals surface area (Å²) in [5.41, 5.74) is 2.48. The first kappa shape index (κ1) is 22.4. The van der Waals surface area contributed by atoms with E-state index in [1.54, 1.807) is 0 Å². The second-order valence-corrected chi connectivity index (χ2v) is 10.0. The van der Waals surface area contributed by atoms with Gasteiger partial charge in [0.2, 0.25) is 10.0 Å². The van der Waals surface area contributed by atoms with Gasteiger partial charge in [-0.25, -0.2) is 12.7 Å². The average Bonchev–Trinajstić information content (AvgIpc) is 3.06. The van der Waals surface area contributed by atoms with Gasteiger partial charge in [-0.1, -0.05) is 23.5 Å². The van der Waals surface area contributed by atoms with Crippen LogP contribution in [0, 0.1) is 6.92 Å². The number of aryl methyl sites for hydroxylation is 1. The molecule has 3 rings (SSSR count). The molecule has 0 unspecified atom stereocenters. The Morgan fingerprint density at radius 2 is 1.87 bits per heavy atom. The van der Waals surface area contributed by atoms with Crippen molar-refractivity contribution < 1.29 is 17.9 Å². The molecule has 0 atom stereocenters. The van der Waals surface area contributed by atoms with Gasteiger partial charge >= 0.3 is 0 Å². The number of carbonyl (C=O) groups excluding carboxylic acids is 1. The zero-order chi connectivity index (χ0) is 21.9. The highest BCUT2D eigenvalue weighted by Crippen LogP contribution is 2.21. The van der Waals surface area contributed by atoms with Gasteiger partial charge in [0, 0.05) is 32.8 Å². The van der Waals surface area contributed by atoms with Crippen molar-refractivity contribution in [3.63, 3.8) is 0 Å². The van der Waals surface area contributed by atoms with Gasteiger partial charge in [0.1, 0.15) is 0 Å². The zero-order valence-corrected chi connectivity index (χ0v) is 19.1. The van der Waals surface area contributed by atoms with Crippen molar-refractivity contribution in [2.75, 3.05) is 27.3 Å². The maximum atomic E-state index is 12.8. The molecule has 7 nitrogen and oxygen atoms in total. The van der Waals surface area contributed by atoms with Crippen LogP contribution in [0.4, 0.5) is 0 Å². The molecule has 3 aromatic rings. The van der Waals surface area contributed by atoms with Gasteiger partial charge in [-0.05, 0) is 49.7 Å². The molecule has 0 saturated carbocycles. The number of ether oxygens (including phenoxy) is 1. The minimum atomic E-state index is -3.54. The van der Waals surface area contributed by atoms with Gasteiger partial charge in [-0.2, -0.15) is 4.99 Å². The molecule has 0 spiro atoms. The van der Waals surface area contributed by atoms with Crippen molar-refractivity contribution in [2.24, 2.45) is 4.99 Å². The number of rotatable bonds is 7. The predicted molar refractivity (Wildman–Crippen MR) is 118 cm³/mol. The Hall–Kier alpha value is -2.33. The van der Waals surface area contributed by atoms with Gasteiger partial charge in [0.15, 0.2) is 4.80 Å². The third kappa shape index (κ3) is 4.54. The summed E-state index contributed by atoms with van der Waals surface area (Å²) in [6.45, 7) is 5.70. The highest BCUT2D eigenvalue weighted by molar-refractivity contribution is 7.89. The van der Waals surface area contributed by atoms with E-state index in [2.05, 4.69) is 4.99 Å². The first-order valence-electron chi connectivity index (χ1n) is 9.54. The number of aromatic nitrogens is 1. The van der Waals surface area contributed by atoms with E-state index in [-0.39, 0.29) is 4.90 Å². The van der Waals surface area contributed by atoms with Crippen LogP contribution < -0.4 is 4.80 Å². The van der Waals surface area contributed by atoms with Crippen LogP contribution in [0.5, 0.6) is 0 Å². The number of nitrogens with zero attached hydrogens (tertiary/aromatic N) is 3. The lowest BCUT2D eigenvalue weighted by molar-refractivity contribution is 0.0996. The normalized spacial score (nSPS) is 12.8.